The quantitative estimate of drug-likeness (QED) is 0.247. The van der Waals surface area contributed by atoms with Gasteiger partial charge in [0.2, 0.25) is 0 Å². The van der Waals surface area contributed by atoms with Crippen LogP contribution in [0.3, 0.4) is 0 Å². The number of ether oxygens (including phenoxy) is 3. The number of nitrogens with zero attached hydrogens (tertiary/aromatic N) is 2. The van der Waals surface area contributed by atoms with E-state index in [-0.39, 0.29) is 24.2 Å². The number of pyridine rings is 1. The molecule has 208 valence electrons. The van der Waals surface area contributed by atoms with Crippen molar-refractivity contribution in [2.75, 3.05) is 20.2 Å². The molecule has 0 N–H and O–H groups in total. The summed E-state index contributed by atoms with van der Waals surface area (Å²) in [6.07, 6.45) is 3.75. The lowest BCUT2D eigenvalue weighted by Gasteiger charge is -2.39. The maximum Gasteiger partial charge on any atom is 0.410 e. The summed E-state index contributed by atoms with van der Waals surface area (Å²) in [5.41, 5.74) is 3.84. The molecule has 1 fully saturated rings. The Morgan fingerprint density at radius 2 is 1.75 bits per heavy atom. The van der Waals surface area contributed by atoms with Gasteiger partial charge in [0.05, 0.1) is 19.3 Å². The van der Waals surface area contributed by atoms with Crippen molar-refractivity contribution in [1.29, 1.82) is 0 Å². The summed E-state index contributed by atoms with van der Waals surface area (Å²) in [7, 11) is 1.72. The Morgan fingerprint density at radius 1 is 0.975 bits per heavy atom. The summed E-state index contributed by atoms with van der Waals surface area (Å²) in [5, 5.41) is 2.40. The van der Waals surface area contributed by atoms with Crippen molar-refractivity contribution in [2.24, 2.45) is 0 Å². The smallest absolute Gasteiger partial charge is 0.410 e. The largest absolute Gasteiger partial charge is 0.444 e. The Kier molecular flexibility index (Phi) is 8.48. The van der Waals surface area contributed by atoms with E-state index >= 15 is 0 Å². The molecule has 1 amide bonds. The fraction of sp³-hybridized carbons (Fsp3) is 0.353. The van der Waals surface area contributed by atoms with Crippen LogP contribution >= 0.6 is 0 Å². The molecule has 0 spiro atoms. The average Bonchev–Trinajstić information content (AvgIpc) is 2.96. The lowest BCUT2D eigenvalue weighted by atomic mass is 9.86. The fourth-order valence-corrected chi connectivity index (χ4v) is 5.40. The number of hydrogen-bond donors (Lipinski definition) is 0. The molecule has 1 aliphatic heterocycles. The zero-order chi connectivity index (χ0) is 28.1. The fourth-order valence-electron chi connectivity index (χ4n) is 5.40. The van der Waals surface area contributed by atoms with Crippen molar-refractivity contribution < 1.29 is 19.0 Å². The summed E-state index contributed by atoms with van der Waals surface area (Å²) in [5.74, 6) is 0.146. The highest BCUT2D eigenvalue weighted by Crippen LogP contribution is 2.34. The van der Waals surface area contributed by atoms with E-state index in [1.165, 1.54) is 16.3 Å². The first-order chi connectivity index (χ1) is 19.3. The number of benzene rings is 3. The number of carbonyl (C=O) groups is 1. The molecule has 1 saturated heterocycles. The molecule has 2 heterocycles. The second-order valence-electron chi connectivity index (χ2n) is 11.4. The zero-order valence-electron chi connectivity index (χ0n) is 23.7. The minimum atomic E-state index is -0.544. The van der Waals surface area contributed by atoms with Crippen molar-refractivity contribution in [3.8, 4) is 0 Å². The lowest BCUT2D eigenvalue weighted by Crippen LogP contribution is -2.48. The predicted molar refractivity (Wildman–Crippen MR) is 157 cm³/mol. The Labute approximate surface area is 236 Å². The highest BCUT2D eigenvalue weighted by molar-refractivity contribution is 5.82. The van der Waals surface area contributed by atoms with Crippen LogP contribution in [0.4, 0.5) is 4.79 Å². The molecule has 0 radical (unpaired) electrons. The summed E-state index contributed by atoms with van der Waals surface area (Å²) in [6.45, 7) is 7.25. The van der Waals surface area contributed by atoms with Crippen LogP contribution in [0.15, 0.2) is 91.3 Å². The first-order valence-corrected chi connectivity index (χ1v) is 13.9. The monoisotopic (exact) mass is 538 g/mol. The molecular weight excluding hydrogens is 500 g/mol. The molecule has 40 heavy (non-hydrogen) atoms. The van der Waals surface area contributed by atoms with E-state index in [0.29, 0.717) is 19.7 Å². The Bertz CT molecular complexity index is 1420. The van der Waals surface area contributed by atoms with Gasteiger partial charge in [0.15, 0.2) is 0 Å². The maximum absolute atomic E-state index is 12.9. The van der Waals surface area contributed by atoms with E-state index in [1.807, 2.05) is 45.2 Å². The Hall–Kier alpha value is -3.74. The van der Waals surface area contributed by atoms with Crippen LogP contribution in [0.5, 0.6) is 0 Å². The van der Waals surface area contributed by atoms with Crippen molar-refractivity contribution in [3.63, 3.8) is 0 Å². The molecule has 1 aliphatic rings. The van der Waals surface area contributed by atoms with Gasteiger partial charge in [0, 0.05) is 37.5 Å². The van der Waals surface area contributed by atoms with Gasteiger partial charge in [-0.3, -0.25) is 4.98 Å². The molecule has 1 aromatic heterocycles. The van der Waals surface area contributed by atoms with Gasteiger partial charge in [0.1, 0.15) is 11.7 Å². The lowest BCUT2D eigenvalue weighted by molar-refractivity contribution is -0.0359. The number of methoxy groups -OCH3 is 1. The number of aromatic nitrogens is 1. The molecule has 3 unspecified atom stereocenters. The van der Waals surface area contributed by atoms with Crippen molar-refractivity contribution in [3.05, 3.63) is 114 Å². The van der Waals surface area contributed by atoms with E-state index in [9.17, 15) is 4.79 Å². The number of piperidine rings is 1. The van der Waals surface area contributed by atoms with Crippen LogP contribution in [0.1, 0.15) is 61.5 Å². The Morgan fingerprint density at radius 3 is 2.45 bits per heavy atom. The van der Waals surface area contributed by atoms with Crippen LogP contribution in [-0.4, -0.2) is 47.9 Å². The third-order valence-electron chi connectivity index (χ3n) is 7.38. The second kappa shape index (κ2) is 12.2. The van der Waals surface area contributed by atoms with Gasteiger partial charge in [0.25, 0.3) is 0 Å². The van der Waals surface area contributed by atoms with Crippen LogP contribution in [0.25, 0.3) is 10.8 Å². The topological polar surface area (TPSA) is 60.9 Å². The molecule has 5 rings (SSSR count). The van der Waals surface area contributed by atoms with Gasteiger partial charge >= 0.3 is 6.09 Å². The Balaban J connectivity index is 1.35. The average molecular weight is 539 g/mol. The van der Waals surface area contributed by atoms with Gasteiger partial charge in [-0.25, -0.2) is 4.79 Å². The van der Waals surface area contributed by atoms with Crippen molar-refractivity contribution in [2.45, 2.75) is 57.5 Å². The van der Waals surface area contributed by atoms with E-state index in [2.05, 4.69) is 65.6 Å². The zero-order valence-corrected chi connectivity index (χ0v) is 23.7. The first kappa shape index (κ1) is 27.8. The van der Waals surface area contributed by atoms with Gasteiger partial charge in [-0.15, -0.1) is 0 Å². The maximum atomic E-state index is 12.9. The molecule has 6 nitrogen and oxygen atoms in total. The minimum absolute atomic E-state index is 0.146. The molecule has 4 aromatic rings. The normalized spacial score (nSPS) is 18.4. The highest BCUT2D eigenvalue weighted by atomic mass is 16.6. The number of amides is 1. The number of likely N-dealkylation sites (tertiary alicyclic amines) is 1. The van der Waals surface area contributed by atoms with Gasteiger partial charge < -0.3 is 19.1 Å². The molecule has 0 bridgehead atoms. The van der Waals surface area contributed by atoms with Crippen LogP contribution in [0.2, 0.25) is 0 Å². The molecule has 0 aliphatic carbocycles. The number of fused-ring (bicyclic) bond motifs is 1. The predicted octanol–water partition coefficient (Wildman–Crippen LogP) is 7.28. The van der Waals surface area contributed by atoms with Crippen LogP contribution in [0, 0.1) is 0 Å². The highest BCUT2D eigenvalue weighted by Gasteiger charge is 2.35. The SMILES string of the molecule is COC(c1ccc(C2CCN(C(=O)OC(C)(C)C)CC2OCc2ccc3ccccc3c2)cc1)c1cccnc1. The number of rotatable bonds is 7. The third kappa shape index (κ3) is 6.69. The van der Waals surface area contributed by atoms with Gasteiger partial charge in [-0.2, -0.15) is 0 Å². The van der Waals surface area contributed by atoms with Gasteiger partial charge in [-0.05, 0) is 66.8 Å². The molecule has 3 atom stereocenters. The van der Waals surface area contributed by atoms with Crippen LogP contribution < -0.4 is 0 Å². The molecule has 0 saturated carbocycles. The summed E-state index contributed by atoms with van der Waals surface area (Å²) >= 11 is 0. The molecule has 3 aromatic carbocycles. The van der Waals surface area contributed by atoms with Crippen molar-refractivity contribution >= 4 is 16.9 Å². The van der Waals surface area contributed by atoms with E-state index in [1.54, 1.807) is 18.2 Å². The van der Waals surface area contributed by atoms with E-state index in [4.69, 9.17) is 14.2 Å². The summed E-state index contributed by atoms with van der Waals surface area (Å²) < 4.78 is 18.1. The van der Waals surface area contributed by atoms with Crippen molar-refractivity contribution in [1.82, 2.24) is 9.88 Å². The second-order valence-corrected chi connectivity index (χ2v) is 11.4. The number of hydrogen-bond acceptors (Lipinski definition) is 5. The van der Waals surface area contributed by atoms with E-state index in [0.717, 1.165) is 23.1 Å². The standard InChI is InChI=1S/C34H38N2O4/c1-34(2,3)40-33(37)36-19-17-30(26-13-15-27(16-14-26)32(38-4)29-10-7-18-35-21-29)31(22-36)39-23-24-11-12-25-8-5-6-9-28(25)20-24/h5-16,18,20-21,30-32H,17,19,22-23H2,1-4H3. The van der Waals surface area contributed by atoms with E-state index < -0.39 is 5.60 Å². The minimum Gasteiger partial charge on any atom is -0.444 e. The first-order valence-electron chi connectivity index (χ1n) is 13.9. The molecule has 6 heteroatoms. The summed E-state index contributed by atoms with van der Waals surface area (Å²) in [4.78, 5) is 19.0. The molecular formula is C34H38N2O4. The van der Waals surface area contributed by atoms with Gasteiger partial charge in [-0.1, -0.05) is 66.7 Å². The third-order valence-corrected chi connectivity index (χ3v) is 7.38. The van der Waals surface area contributed by atoms with Crippen LogP contribution in [-0.2, 0) is 20.8 Å². The summed E-state index contributed by atoms with van der Waals surface area (Å²) in [6, 6.07) is 27.3. The number of carbonyl (C=O) groups excluding carboxylic acids is 1.